The van der Waals surface area contributed by atoms with Crippen LogP contribution in [0.25, 0.3) is 0 Å². The van der Waals surface area contributed by atoms with Crippen LogP contribution in [-0.2, 0) is 0 Å². The summed E-state index contributed by atoms with van der Waals surface area (Å²) >= 11 is 2.14. The van der Waals surface area contributed by atoms with Gasteiger partial charge in [-0.25, -0.2) is 0 Å². The number of thioether (sulfide) groups is 1. The molecular weight excluding hydrogens is 240 g/mol. The highest BCUT2D eigenvalue weighted by atomic mass is 32.2. The Labute approximate surface area is 117 Å². The van der Waals surface area contributed by atoms with E-state index in [1.165, 1.54) is 32.4 Å². The van der Waals surface area contributed by atoms with E-state index in [1.54, 1.807) is 0 Å². The number of nitrogens with two attached hydrogens (primary N) is 1. The summed E-state index contributed by atoms with van der Waals surface area (Å²) in [5.41, 5.74) is 6.54. The van der Waals surface area contributed by atoms with E-state index < -0.39 is 0 Å². The standard InChI is InChI=1S/C15H30N2S/c1-11-6-5-7-15(10-16,14(11)4)17-8-12(2)18-13(3)9-17/h11-14H,5-10,16H2,1-4H3. The maximum absolute atomic E-state index is 6.26. The molecular formula is C15H30N2S. The Bertz CT molecular complexity index is 274. The molecule has 0 aromatic carbocycles. The Morgan fingerprint density at radius 3 is 2.33 bits per heavy atom. The summed E-state index contributed by atoms with van der Waals surface area (Å²) in [4.78, 5) is 2.75. The van der Waals surface area contributed by atoms with Gasteiger partial charge in [0.15, 0.2) is 0 Å². The molecule has 1 aliphatic carbocycles. The van der Waals surface area contributed by atoms with Crippen molar-refractivity contribution >= 4 is 11.8 Å². The van der Waals surface area contributed by atoms with Gasteiger partial charge in [0.2, 0.25) is 0 Å². The molecule has 18 heavy (non-hydrogen) atoms. The molecule has 3 heteroatoms. The summed E-state index contributed by atoms with van der Waals surface area (Å²) in [5, 5.41) is 1.50. The molecule has 1 heterocycles. The fourth-order valence-corrected chi connectivity index (χ4v) is 5.47. The minimum absolute atomic E-state index is 0.279. The largest absolute Gasteiger partial charge is 0.329 e. The van der Waals surface area contributed by atoms with Crippen molar-refractivity contribution in [1.29, 1.82) is 0 Å². The summed E-state index contributed by atoms with van der Waals surface area (Å²) in [7, 11) is 0. The predicted octanol–water partition coefficient (Wildman–Crippen LogP) is 2.97. The van der Waals surface area contributed by atoms with E-state index in [0.29, 0.717) is 0 Å². The van der Waals surface area contributed by atoms with Crippen LogP contribution in [0.1, 0.15) is 47.0 Å². The second kappa shape index (κ2) is 5.72. The maximum Gasteiger partial charge on any atom is 0.0360 e. The van der Waals surface area contributed by atoms with Crippen molar-refractivity contribution in [2.24, 2.45) is 17.6 Å². The van der Waals surface area contributed by atoms with Gasteiger partial charge in [-0.3, -0.25) is 4.90 Å². The fraction of sp³-hybridized carbons (Fsp3) is 1.00. The summed E-state index contributed by atoms with van der Waals surface area (Å²) in [6, 6.07) is 0. The van der Waals surface area contributed by atoms with E-state index in [-0.39, 0.29) is 5.54 Å². The molecule has 0 bridgehead atoms. The second-order valence-electron chi connectivity index (χ2n) is 6.63. The van der Waals surface area contributed by atoms with Crippen LogP contribution in [0.5, 0.6) is 0 Å². The first-order valence-electron chi connectivity index (χ1n) is 7.60. The van der Waals surface area contributed by atoms with Crippen molar-refractivity contribution in [2.45, 2.75) is 63.0 Å². The van der Waals surface area contributed by atoms with Crippen molar-refractivity contribution < 1.29 is 0 Å². The molecule has 0 radical (unpaired) electrons. The van der Waals surface area contributed by atoms with E-state index in [9.17, 15) is 0 Å². The molecule has 0 aromatic heterocycles. The highest BCUT2D eigenvalue weighted by molar-refractivity contribution is 8.00. The lowest BCUT2D eigenvalue weighted by atomic mass is 9.67. The fourth-order valence-electron chi connectivity index (χ4n) is 4.14. The molecule has 0 amide bonds. The molecule has 5 unspecified atom stereocenters. The van der Waals surface area contributed by atoms with Gasteiger partial charge >= 0.3 is 0 Å². The maximum atomic E-state index is 6.26. The molecule has 2 nitrogen and oxygen atoms in total. The van der Waals surface area contributed by atoms with Crippen molar-refractivity contribution in [3.8, 4) is 0 Å². The van der Waals surface area contributed by atoms with E-state index >= 15 is 0 Å². The van der Waals surface area contributed by atoms with Crippen LogP contribution >= 0.6 is 11.8 Å². The summed E-state index contributed by atoms with van der Waals surface area (Å²) < 4.78 is 0. The zero-order valence-electron chi connectivity index (χ0n) is 12.5. The molecule has 0 spiro atoms. The van der Waals surface area contributed by atoms with Crippen molar-refractivity contribution in [3.05, 3.63) is 0 Å². The first-order valence-corrected chi connectivity index (χ1v) is 8.54. The van der Waals surface area contributed by atoms with Gasteiger partial charge in [-0.1, -0.05) is 40.5 Å². The van der Waals surface area contributed by atoms with Gasteiger partial charge in [-0.05, 0) is 18.3 Å². The minimum atomic E-state index is 0.279. The molecule has 106 valence electrons. The third-order valence-corrected chi connectivity index (χ3v) is 6.60. The number of hydrogen-bond donors (Lipinski definition) is 1. The van der Waals surface area contributed by atoms with Gasteiger partial charge in [0.25, 0.3) is 0 Å². The quantitative estimate of drug-likeness (QED) is 0.836. The number of nitrogens with zero attached hydrogens (tertiary/aromatic N) is 1. The van der Waals surface area contributed by atoms with E-state index in [1.807, 2.05) is 0 Å². The average molecular weight is 270 g/mol. The van der Waals surface area contributed by atoms with E-state index in [2.05, 4.69) is 44.4 Å². The highest BCUT2D eigenvalue weighted by Crippen LogP contribution is 2.43. The third kappa shape index (κ3) is 2.59. The van der Waals surface area contributed by atoms with Crippen LogP contribution in [0.4, 0.5) is 0 Å². The van der Waals surface area contributed by atoms with Gasteiger partial charge in [-0.15, -0.1) is 0 Å². The predicted molar refractivity (Wildman–Crippen MR) is 82.1 cm³/mol. The molecule has 1 saturated carbocycles. The molecule has 2 fully saturated rings. The van der Waals surface area contributed by atoms with E-state index in [0.717, 1.165) is 28.9 Å². The zero-order valence-corrected chi connectivity index (χ0v) is 13.3. The molecule has 2 rings (SSSR count). The molecule has 2 aliphatic rings. The van der Waals surface area contributed by atoms with Crippen LogP contribution in [0.3, 0.4) is 0 Å². The minimum Gasteiger partial charge on any atom is -0.329 e. The lowest BCUT2D eigenvalue weighted by Crippen LogP contribution is -2.64. The molecule has 1 saturated heterocycles. The molecule has 2 N–H and O–H groups in total. The summed E-state index contributed by atoms with van der Waals surface area (Å²) in [6.07, 6.45) is 4.05. The number of hydrogen-bond acceptors (Lipinski definition) is 3. The smallest absolute Gasteiger partial charge is 0.0360 e. The first-order chi connectivity index (χ1) is 8.49. The SMILES string of the molecule is CC1CN(C2(CN)CCCC(C)C2C)CC(C)S1. The monoisotopic (exact) mass is 270 g/mol. The van der Waals surface area contributed by atoms with Gasteiger partial charge in [0.05, 0.1) is 0 Å². The van der Waals surface area contributed by atoms with Crippen LogP contribution in [0, 0.1) is 11.8 Å². The van der Waals surface area contributed by atoms with Gasteiger partial charge in [0.1, 0.15) is 0 Å². The topological polar surface area (TPSA) is 29.3 Å². The van der Waals surface area contributed by atoms with Gasteiger partial charge in [-0.2, -0.15) is 11.8 Å². The van der Waals surface area contributed by atoms with Gasteiger partial charge < -0.3 is 5.73 Å². The van der Waals surface area contributed by atoms with Crippen molar-refractivity contribution in [3.63, 3.8) is 0 Å². The van der Waals surface area contributed by atoms with Crippen LogP contribution in [0.15, 0.2) is 0 Å². The molecule has 5 atom stereocenters. The summed E-state index contributed by atoms with van der Waals surface area (Å²) in [5.74, 6) is 1.56. The molecule has 0 aromatic rings. The summed E-state index contributed by atoms with van der Waals surface area (Å²) in [6.45, 7) is 12.9. The average Bonchev–Trinajstić information content (AvgIpc) is 2.32. The lowest BCUT2D eigenvalue weighted by molar-refractivity contribution is -0.0117. The Morgan fingerprint density at radius 1 is 1.17 bits per heavy atom. The van der Waals surface area contributed by atoms with Crippen LogP contribution in [-0.4, -0.2) is 40.6 Å². The van der Waals surface area contributed by atoms with Crippen LogP contribution in [0.2, 0.25) is 0 Å². The third-order valence-electron chi connectivity index (χ3n) is 5.37. The van der Waals surface area contributed by atoms with Crippen molar-refractivity contribution in [2.75, 3.05) is 19.6 Å². The Balaban J connectivity index is 2.20. The first kappa shape index (κ1) is 14.7. The normalized spacial score (nSPS) is 47.2. The zero-order chi connectivity index (χ0) is 13.3. The highest BCUT2D eigenvalue weighted by Gasteiger charge is 2.46. The van der Waals surface area contributed by atoms with Crippen LogP contribution < -0.4 is 5.73 Å². The Hall–Kier alpha value is 0.270. The van der Waals surface area contributed by atoms with Gasteiger partial charge in [0, 0.05) is 35.7 Å². The Kier molecular flexibility index (Phi) is 4.66. The number of rotatable bonds is 2. The second-order valence-corrected chi connectivity index (χ2v) is 8.51. The Morgan fingerprint density at radius 2 is 1.78 bits per heavy atom. The lowest BCUT2D eigenvalue weighted by Gasteiger charge is -2.55. The van der Waals surface area contributed by atoms with E-state index in [4.69, 9.17) is 5.73 Å². The van der Waals surface area contributed by atoms with Crippen molar-refractivity contribution in [1.82, 2.24) is 4.90 Å². The molecule has 1 aliphatic heterocycles.